The molecule has 1 aromatic heterocycles. The van der Waals surface area contributed by atoms with Gasteiger partial charge >= 0.3 is 12.1 Å². The molecule has 0 fully saturated rings. The van der Waals surface area contributed by atoms with Gasteiger partial charge in [0.05, 0.1) is 11.5 Å². The number of carbonyl (C=O) groups is 1. The minimum atomic E-state index is -4.42. The summed E-state index contributed by atoms with van der Waals surface area (Å²) in [5, 5.41) is 22.8. The SMILES string of the molecule is CCC[C@@H](C[C@@H](c1ccc(C(F)(F)F)cc1)c1nn[nH]n1)C(=O)O. The highest BCUT2D eigenvalue weighted by atomic mass is 19.4. The Balaban J connectivity index is 2.31. The molecular formula is C15H17F3N4O2. The van der Waals surface area contributed by atoms with Crippen LogP contribution in [0, 0.1) is 5.92 Å². The fraction of sp³-hybridized carbons (Fsp3) is 0.467. The summed E-state index contributed by atoms with van der Waals surface area (Å²) in [5.74, 6) is -1.87. The van der Waals surface area contributed by atoms with Crippen molar-refractivity contribution in [1.29, 1.82) is 0 Å². The van der Waals surface area contributed by atoms with E-state index in [-0.39, 0.29) is 12.2 Å². The van der Waals surface area contributed by atoms with Crippen LogP contribution < -0.4 is 0 Å². The highest BCUT2D eigenvalue weighted by molar-refractivity contribution is 5.70. The Morgan fingerprint density at radius 3 is 2.42 bits per heavy atom. The third-order valence-corrected chi connectivity index (χ3v) is 3.82. The first-order valence-electron chi connectivity index (χ1n) is 7.46. The standard InChI is InChI=1S/C15H17F3N4O2/c1-2-3-10(14(23)24)8-12(13-19-21-22-20-13)9-4-6-11(7-5-9)15(16,17)18/h4-7,10,12H,2-3,8H2,1H3,(H,23,24)(H,19,20,21,22)/t10-,12-/m0/s1. The molecule has 0 aliphatic heterocycles. The Morgan fingerprint density at radius 1 is 1.29 bits per heavy atom. The lowest BCUT2D eigenvalue weighted by Crippen LogP contribution is -2.18. The highest BCUT2D eigenvalue weighted by Gasteiger charge is 2.31. The third kappa shape index (κ3) is 4.30. The number of nitrogens with one attached hydrogen (secondary N) is 1. The fourth-order valence-corrected chi connectivity index (χ4v) is 2.59. The number of rotatable bonds is 7. The van der Waals surface area contributed by atoms with E-state index in [0.717, 1.165) is 12.1 Å². The number of carboxylic acids is 1. The molecule has 0 amide bonds. The van der Waals surface area contributed by atoms with Gasteiger partial charge < -0.3 is 5.11 Å². The lowest BCUT2D eigenvalue weighted by molar-refractivity contribution is -0.142. The van der Waals surface area contributed by atoms with Crippen molar-refractivity contribution in [1.82, 2.24) is 20.6 Å². The number of aliphatic carboxylic acids is 1. The number of halogens is 3. The van der Waals surface area contributed by atoms with Crippen LogP contribution in [0.15, 0.2) is 24.3 Å². The Kier molecular flexibility index (Phi) is 5.53. The van der Waals surface area contributed by atoms with Crippen molar-refractivity contribution in [2.24, 2.45) is 5.92 Å². The van der Waals surface area contributed by atoms with Gasteiger partial charge in [-0.25, -0.2) is 0 Å². The fourth-order valence-electron chi connectivity index (χ4n) is 2.59. The number of tetrazole rings is 1. The highest BCUT2D eigenvalue weighted by Crippen LogP contribution is 2.34. The Bertz CT molecular complexity index is 656. The molecule has 2 aromatic rings. The first-order valence-corrected chi connectivity index (χ1v) is 7.46. The summed E-state index contributed by atoms with van der Waals surface area (Å²) in [6, 6.07) is 4.60. The van der Waals surface area contributed by atoms with Gasteiger partial charge in [0.2, 0.25) is 0 Å². The van der Waals surface area contributed by atoms with Crippen molar-refractivity contribution in [2.75, 3.05) is 0 Å². The van der Waals surface area contributed by atoms with Crippen LogP contribution in [0.3, 0.4) is 0 Å². The van der Waals surface area contributed by atoms with E-state index in [2.05, 4.69) is 20.6 Å². The van der Waals surface area contributed by atoms with Crippen LogP contribution in [0.2, 0.25) is 0 Å². The maximum Gasteiger partial charge on any atom is 0.416 e. The quantitative estimate of drug-likeness (QED) is 0.806. The van der Waals surface area contributed by atoms with Crippen LogP contribution in [0.25, 0.3) is 0 Å². The number of hydrogen-bond acceptors (Lipinski definition) is 4. The summed E-state index contributed by atoms with van der Waals surface area (Å²) < 4.78 is 38.1. The second-order valence-electron chi connectivity index (χ2n) is 5.50. The molecular weight excluding hydrogens is 325 g/mol. The third-order valence-electron chi connectivity index (χ3n) is 3.82. The van der Waals surface area contributed by atoms with Gasteiger partial charge in [-0.1, -0.05) is 30.7 Å². The number of carboxylic acid groups (broad SMARTS) is 1. The van der Waals surface area contributed by atoms with E-state index in [1.54, 1.807) is 0 Å². The van der Waals surface area contributed by atoms with Crippen molar-refractivity contribution >= 4 is 5.97 Å². The second kappa shape index (κ2) is 7.41. The van der Waals surface area contributed by atoms with E-state index in [0.29, 0.717) is 18.4 Å². The lowest BCUT2D eigenvalue weighted by atomic mass is 9.86. The molecule has 0 aliphatic rings. The van der Waals surface area contributed by atoms with Crippen molar-refractivity contribution in [2.45, 2.75) is 38.3 Å². The number of alkyl halides is 3. The Labute approximate surface area is 136 Å². The molecule has 1 heterocycles. The zero-order chi connectivity index (χ0) is 17.7. The molecule has 6 nitrogen and oxygen atoms in total. The minimum Gasteiger partial charge on any atom is -0.481 e. The molecule has 9 heteroatoms. The molecule has 0 radical (unpaired) electrons. The molecule has 2 N–H and O–H groups in total. The summed E-state index contributed by atoms with van der Waals surface area (Å²) in [6.07, 6.45) is -3.09. The number of benzene rings is 1. The van der Waals surface area contributed by atoms with Gasteiger partial charge in [0.25, 0.3) is 0 Å². The van der Waals surface area contributed by atoms with Gasteiger partial charge in [-0.2, -0.15) is 18.4 Å². The molecule has 0 saturated carbocycles. The van der Waals surface area contributed by atoms with Crippen LogP contribution in [-0.2, 0) is 11.0 Å². The zero-order valence-electron chi connectivity index (χ0n) is 12.9. The summed E-state index contributed by atoms with van der Waals surface area (Å²) in [7, 11) is 0. The molecule has 0 aliphatic carbocycles. The van der Waals surface area contributed by atoms with E-state index in [1.165, 1.54) is 12.1 Å². The monoisotopic (exact) mass is 342 g/mol. The van der Waals surface area contributed by atoms with Gasteiger partial charge in [-0.3, -0.25) is 4.79 Å². The van der Waals surface area contributed by atoms with Crippen molar-refractivity contribution in [3.8, 4) is 0 Å². The van der Waals surface area contributed by atoms with Gasteiger partial charge in [-0.05, 0) is 30.5 Å². The molecule has 0 bridgehead atoms. The van der Waals surface area contributed by atoms with Crippen molar-refractivity contribution in [3.05, 3.63) is 41.2 Å². The number of aromatic amines is 1. The van der Waals surface area contributed by atoms with Crippen LogP contribution in [0.5, 0.6) is 0 Å². The minimum absolute atomic E-state index is 0.189. The molecule has 2 atom stereocenters. The summed E-state index contributed by atoms with van der Waals surface area (Å²) >= 11 is 0. The zero-order valence-corrected chi connectivity index (χ0v) is 12.9. The van der Waals surface area contributed by atoms with E-state index < -0.39 is 29.5 Å². The van der Waals surface area contributed by atoms with Gasteiger partial charge in [-0.15, -0.1) is 10.2 Å². The molecule has 24 heavy (non-hydrogen) atoms. The van der Waals surface area contributed by atoms with E-state index in [9.17, 15) is 23.1 Å². The van der Waals surface area contributed by atoms with Gasteiger partial charge in [0.15, 0.2) is 5.82 Å². The summed E-state index contributed by atoms with van der Waals surface area (Å²) in [4.78, 5) is 11.4. The first kappa shape index (κ1) is 17.9. The van der Waals surface area contributed by atoms with Crippen LogP contribution in [-0.4, -0.2) is 31.7 Å². The van der Waals surface area contributed by atoms with E-state index in [4.69, 9.17) is 0 Å². The van der Waals surface area contributed by atoms with Crippen LogP contribution >= 0.6 is 0 Å². The lowest BCUT2D eigenvalue weighted by Gasteiger charge is -2.19. The van der Waals surface area contributed by atoms with Crippen LogP contribution in [0.4, 0.5) is 13.2 Å². The molecule has 1 aromatic carbocycles. The maximum atomic E-state index is 12.7. The number of hydrogen-bond donors (Lipinski definition) is 2. The Morgan fingerprint density at radius 2 is 1.96 bits per heavy atom. The number of H-pyrrole nitrogens is 1. The molecule has 0 unspecified atom stereocenters. The van der Waals surface area contributed by atoms with E-state index in [1.807, 2.05) is 6.92 Å². The summed E-state index contributed by atoms with van der Waals surface area (Å²) in [5.41, 5.74) is -0.242. The predicted octanol–water partition coefficient (Wildman–Crippen LogP) is 3.24. The molecule has 130 valence electrons. The maximum absolute atomic E-state index is 12.7. The number of aromatic nitrogens is 4. The molecule has 0 saturated heterocycles. The Hall–Kier alpha value is -2.45. The van der Waals surface area contributed by atoms with E-state index >= 15 is 0 Å². The number of nitrogens with zero attached hydrogens (tertiary/aromatic N) is 3. The van der Waals surface area contributed by atoms with Gasteiger partial charge in [0.1, 0.15) is 0 Å². The van der Waals surface area contributed by atoms with Gasteiger partial charge in [0, 0.05) is 5.92 Å². The average molecular weight is 342 g/mol. The normalized spacial score (nSPS) is 14.3. The predicted molar refractivity (Wildman–Crippen MR) is 78.1 cm³/mol. The van der Waals surface area contributed by atoms with Crippen molar-refractivity contribution < 1.29 is 23.1 Å². The second-order valence-corrected chi connectivity index (χ2v) is 5.50. The first-order chi connectivity index (χ1) is 11.3. The topological polar surface area (TPSA) is 91.8 Å². The smallest absolute Gasteiger partial charge is 0.416 e. The van der Waals surface area contributed by atoms with Crippen LogP contribution in [0.1, 0.15) is 49.1 Å². The molecule has 0 spiro atoms. The average Bonchev–Trinajstić information content (AvgIpc) is 3.04. The summed E-state index contributed by atoms with van der Waals surface area (Å²) in [6.45, 7) is 1.87. The van der Waals surface area contributed by atoms with Crippen molar-refractivity contribution in [3.63, 3.8) is 0 Å². The molecule has 2 rings (SSSR count). The largest absolute Gasteiger partial charge is 0.481 e.